The largest absolute Gasteiger partial charge is 0.316 e. The number of benzene rings is 3. The number of hydrogen-bond acceptors (Lipinski definition) is 2. The van der Waals surface area contributed by atoms with Crippen molar-refractivity contribution in [2.75, 3.05) is 0 Å². The van der Waals surface area contributed by atoms with Gasteiger partial charge in [-0.15, -0.1) is 0 Å². The van der Waals surface area contributed by atoms with Crippen LogP contribution in [0.3, 0.4) is 0 Å². The molecule has 1 heterocycles. The van der Waals surface area contributed by atoms with Crippen LogP contribution in [0.15, 0.2) is 65.7 Å². The maximum Gasteiger partial charge on any atom is 0.279 e. The molecular formula is C21H17FN2OS. The number of carbonyl (C=O) groups is 1. The number of aryl methyl sites for hydroxylation is 1. The standard InChI is InChI=1S/C21H17FN2OS/c1-2-11-24-18-10-9-17(22)13-19(18)26-21(24)23-20(25)16-8-7-14-5-3-4-6-15(14)12-16/h3-10,12-13H,2,11H2,1H3. The first kappa shape index (κ1) is 16.7. The Morgan fingerprint density at radius 3 is 2.69 bits per heavy atom. The molecule has 4 rings (SSSR count). The average molecular weight is 364 g/mol. The summed E-state index contributed by atoms with van der Waals surface area (Å²) in [5, 5.41) is 2.09. The molecule has 1 aromatic heterocycles. The summed E-state index contributed by atoms with van der Waals surface area (Å²) >= 11 is 1.34. The van der Waals surface area contributed by atoms with E-state index in [4.69, 9.17) is 0 Å². The maximum atomic E-state index is 13.5. The van der Waals surface area contributed by atoms with Crippen LogP contribution in [-0.2, 0) is 6.54 Å². The Kier molecular flexibility index (Phi) is 4.39. The molecule has 0 bridgehead atoms. The van der Waals surface area contributed by atoms with Gasteiger partial charge in [-0.05, 0) is 47.5 Å². The van der Waals surface area contributed by atoms with Crippen LogP contribution in [0.4, 0.5) is 4.39 Å². The lowest BCUT2D eigenvalue weighted by atomic mass is 10.1. The van der Waals surface area contributed by atoms with Crippen LogP contribution in [-0.4, -0.2) is 10.5 Å². The van der Waals surface area contributed by atoms with Gasteiger partial charge in [0.15, 0.2) is 4.80 Å². The number of amides is 1. The van der Waals surface area contributed by atoms with Gasteiger partial charge in [0, 0.05) is 12.1 Å². The van der Waals surface area contributed by atoms with Crippen molar-refractivity contribution in [3.63, 3.8) is 0 Å². The van der Waals surface area contributed by atoms with E-state index in [2.05, 4.69) is 11.9 Å². The molecule has 5 heteroatoms. The van der Waals surface area contributed by atoms with Crippen LogP contribution >= 0.6 is 11.3 Å². The number of nitrogens with zero attached hydrogens (tertiary/aromatic N) is 2. The van der Waals surface area contributed by atoms with E-state index in [1.54, 1.807) is 12.1 Å². The lowest BCUT2D eigenvalue weighted by Gasteiger charge is -2.03. The Balaban J connectivity index is 1.83. The molecule has 0 aliphatic heterocycles. The summed E-state index contributed by atoms with van der Waals surface area (Å²) in [7, 11) is 0. The van der Waals surface area contributed by atoms with Gasteiger partial charge in [-0.3, -0.25) is 4.79 Å². The highest BCUT2D eigenvalue weighted by Crippen LogP contribution is 2.20. The minimum Gasteiger partial charge on any atom is -0.316 e. The van der Waals surface area contributed by atoms with Crippen molar-refractivity contribution < 1.29 is 9.18 Å². The number of thiazole rings is 1. The Morgan fingerprint density at radius 2 is 1.88 bits per heavy atom. The second-order valence-corrected chi connectivity index (χ2v) is 7.14. The van der Waals surface area contributed by atoms with E-state index in [1.165, 1.54) is 23.5 Å². The summed E-state index contributed by atoms with van der Waals surface area (Å²) in [6.07, 6.45) is 0.903. The van der Waals surface area contributed by atoms with E-state index in [0.717, 1.165) is 34.0 Å². The smallest absolute Gasteiger partial charge is 0.279 e. The predicted molar refractivity (Wildman–Crippen MR) is 104 cm³/mol. The molecule has 0 spiro atoms. The fourth-order valence-electron chi connectivity index (χ4n) is 3.05. The van der Waals surface area contributed by atoms with Gasteiger partial charge >= 0.3 is 0 Å². The second-order valence-electron chi connectivity index (χ2n) is 6.13. The number of fused-ring (bicyclic) bond motifs is 2. The van der Waals surface area contributed by atoms with Gasteiger partial charge in [0.05, 0.1) is 10.2 Å². The first-order valence-electron chi connectivity index (χ1n) is 8.52. The Morgan fingerprint density at radius 1 is 1.08 bits per heavy atom. The van der Waals surface area contributed by atoms with E-state index in [-0.39, 0.29) is 11.7 Å². The van der Waals surface area contributed by atoms with Crippen LogP contribution in [0.5, 0.6) is 0 Å². The lowest BCUT2D eigenvalue weighted by molar-refractivity contribution is 0.0998. The molecule has 3 aromatic carbocycles. The number of halogens is 1. The number of hydrogen-bond donors (Lipinski definition) is 0. The molecule has 3 nitrogen and oxygen atoms in total. The van der Waals surface area contributed by atoms with Crippen molar-refractivity contribution in [1.82, 2.24) is 4.57 Å². The van der Waals surface area contributed by atoms with Gasteiger partial charge in [-0.2, -0.15) is 4.99 Å². The summed E-state index contributed by atoms with van der Waals surface area (Å²) in [4.78, 5) is 17.7. The molecule has 1 amide bonds. The summed E-state index contributed by atoms with van der Waals surface area (Å²) in [5.74, 6) is -0.567. The van der Waals surface area contributed by atoms with Gasteiger partial charge < -0.3 is 4.57 Å². The van der Waals surface area contributed by atoms with Crippen molar-refractivity contribution in [2.45, 2.75) is 19.9 Å². The van der Waals surface area contributed by atoms with Gasteiger partial charge in [0.2, 0.25) is 0 Å². The Labute approximate surface area is 154 Å². The molecule has 26 heavy (non-hydrogen) atoms. The van der Waals surface area contributed by atoms with Crippen LogP contribution in [0, 0.1) is 5.82 Å². The average Bonchev–Trinajstić information content (AvgIpc) is 2.98. The molecule has 130 valence electrons. The van der Waals surface area contributed by atoms with Crippen LogP contribution < -0.4 is 4.80 Å². The molecule has 0 fully saturated rings. The topological polar surface area (TPSA) is 34.4 Å². The van der Waals surface area contributed by atoms with Crippen molar-refractivity contribution >= 4 is 38.2 Å². The maximum absolute atomic E-state index is 13.5. The third kappa shape index (κ3) is 3.06. The molecular weight excluding hydrogens is 347 g/mol. The first-order valence-corrected chi connectivity index (χ1v) is 9.34. The Hall–Kier alpha value is -2.79. The summed E-state index contributed by atoms with van der Waals surface area (Å²) < 4.78 is 16.3. The monoisotopic (exact) mass is 364 g/mol. The van der Waals surface area contributed by atoms with E-state index in [9.17, 15) is 9.18 Å². The van der Waals surface area contributed by atoms with Gasteiger partial charge in [-0.1, -0.05) is 48.6 Å². The lowest BCUT2D eigenvalue weighted by Crippen LogP contribution is -2.16. The molecule has 0 atom stereocenters. The second kappa shape index (κ2) is 6.84. The predicted octanol–water partition coefficient (Wildman–Crippen LogP) is 5.15. The Bertz CT molecular complexity index is 1190. The molecule has 0 saturated carbocycles. The first-order chi connectivity index (χ1) is 12.7. The molecule has 0 radical (unpaired) electrons. The third-order valence-electron chi connectivity index (χ3n) is 4.29. The van der Waals surface area contributed by atoms with Crippen LogP contribution in [0.1, 0.15) is 23.7 Å². The SMILES string of the molecule is CCCn1c(=NC(=O)c2ccc3ccccc3c2)sc2cc(F)ccc21. The number of rotatable bonds is 3. The summed E-state index contributed by atoms with van der Waals surface area (Å²) in [5.41, 5.74) is 1.46. The number of aromatic nitrogens is 1. The third-order valence-corrected chi connectivity index (χ3v) is 5.33. The van der Waals surface area contributed by atoms with Gasteiger partial charge in [0.1, 0.15) is 5.82 Å². The molecule has 0 unspecified atom stereocenters. The highest BCUT2D eigenvalue weighted by molar-refractivity contribution is 7.16. The van der Waals surface area contributed by atoms with E-state index < -0.39 is 0 Å². The van der Waals surface area contributed by atoms with Crippen LogP contribution in [0.25, 0.3) is 21.0 Å². The molecule has 4 aromatic rings. The van der Waals surface area contributed by atoms with E-state index >= 15 is 0 Å². The van der Waals surface area contributed by atoms with E-state index in [1.807, 2.05) is 41.0 Å². The molecule has 0 saturated heterocycles. The van der Waals surface area contributed by atoms with Gasteiger partial charge in [0.25, 0.3) is 5.91 Å². The quantitative estimate of drug-likeness (QED) is 0.495. The van der Waals surface area contributed by atoms with Crippen molar-refractivity contribution in [3.8, 4) is 0 Å². The van der Waals surface area contributed by atoms with Gasteiger partial charge in [-0.25, -0.2) is 4.39 Å². The zero-order valence-corrected chi connectivity index (χ0v) is 15.1. The van der Waals surface area contributed by atoms with Crippen molar-refractivity contribution in [2.24, 2.45) is 4.99 Å². The normalized spacial score (nSPS) is 12.2. The highest BCUT2D eigenvalue weighted by atomic mass is 32.1. The zero-order valence-electron chi connectivity index (χ0n) is 14.3. The molecule has 0 aliphatic rings. The van der Waals surface area contributed by atoms with Crippen LogP contribution in [0.2, 0.25) is 0 Å². The minimum atomic E-state index is -0.285. The highest BCUT2D eigenvalue weighted by Gasteiger charge is 2.10. The van der Waals surface area contributed by atoms with Crippen molar-refractivity contribution in [3.05, 3.63) is 76.8 Å². The summed E-state index contributed by atoms with van der Waals surface area (Å²) in [6.45, 7) is 2.80. The zero-order chi connectivity index (χ0) is 18.1. The van der Waals surface area contributed by atoms with Crippen molar-refractivity contribution in [1.29, 1.82) is 0 Å². The minimum absolute atomic E-state index is 0.283. The molecule has 0 aliphatic carbocycles. The molecule has 0 N–H and O–H groups in total. The number of carbonyl (C=O) groups excluding carboxylic acids is 1. The van der Waals surface area contributed by atoms with E-state index in [0.29, 0.717) is 10.4 Å². The summed E-state index contributed by atoms with van der Waals surface area (Å²) in [6, 6.07) is 18.2. The fraction of sp³-hybridized carbons (Fsp3) is 0.143. The fourth-order valence-corrected chi connectivity index (χ4v) is 4.13.